The topological polar surface area (TPSA) is 156 Å². The number of aromatic nitrogens is 2. The van der Waals surface area contributed by atoms with E-state index in [-0.39, 0.29) is 47.4 Å². The monoisotopic (exact) mass is 551 g/mol. The summed E-state index contributed by atoms with van der Waals surface area (Å²) in [7, 11) is 2.78. The van der Waals surface area contributed by atoms with Crippen LogP contribution in [0, 0.1) is 11.2 Å². The Bertz CT molecular complexity index is 1210. The number of cyclic esters (lactones) is 1. The molecule has 2 N–H and O–H groups in total. The van der Waals surface area contributed by atoms with Crippen LogP contribution in [0.1, 0.15) is 10.4 Å². The highest BCUT2D eigenvalue weighted by atomic mass is 35.5. The number of carbonyl (C=O) groups is 4. The number of Topliss-reactive ketones (excluding diaryl/α,β-unsaturated/α-hetero) is 1. The fourth-order valence-electron chi connectivity index (χ4n) is 3.24. The Hall–Kier alpha value is -3.85. The molecule has 2 heterocycles. The van der Waals surface area contributed by atoms with E-state index in [1.165, 1.54) is 31.2 Å². The molecule has 0 aliphatic carbocycles. The van der Waals surface area contributed by atoms with E-state index in [4.69, 9.17) is 31.0 Å². The highest BCUT2D eigenvalue weighted by Gasteiger charge is 2.53. The molecular formula is C21H18ClF4N3O8. The number of benzene rings is 1. The van der Waals surface area contributed by atoms with Gasteiger partial charge in [0.2, 0.25) is 0 Å². The fraction of sp³-hybridized carbons (Fsp3) is 0.333. The number of alkyl halides is 3. The van der Waals surface area contributed by atoms with Crippen LogP contribution in [0.2, 0.25) is 5.02 Å². The van der Waals surface area contributed by atoms with Crippen molar-refractivity contribution in [3.05, 3.63) is 40.7 Å². The lowest BCUT2D eigenvalue weighted by atomic mass is 9.85. The van der Waals surface area contributed by atoms with E-state index < -0.39 is 41.1 Å². The number of aromatic carboxylic acids is 1. The number of carboxylic acid groups (broad SMARTS) is 2. The van der Waals surface area contributed by atoms with Crippen LogP contribution in [0.4, 0.5) is 23.4 Å². The lowest BCUT2D eigenvalue weighted by Gasteiger charge is -2.29. The first-order valence-corrected chi connectivity index (χ1v) is 10.3. The molecule has 11 nitrogen and oxygen atoms in total. The van der Waals surface area contributed by atoms with E-state index >= 15 is 0 Å². The molecule has 0 spiro atoms. The Kier molecular flexibility index (Phi) is 9.11. The van der Waals surface area contributed by atoms with Gasteiger partial charge >= 0.3 is 24.1 Å². The van der Waals surface area contributed by atoms with Crippen molar-refractivity contribution in [3.63, 3.8) is 0 Å². The number of hydrogen-bond donors (Lipinski definition) is 2. The summed E-state index contributed by atoms with van der Waals surface area (Å²) in [4.78, 5) is 46.6. The Labute approximate surface area is 210 Å². The van der Waals surface area contributed by atoms with Crippen molar-refractivity contribution in [2.24, 2.45) is 5.41 Å². The number of anilines is 1. The molecule has 1 unspecified atom stereocenters. The van der Waals surface area contributed by atoms with Gasteiger partial charge in [0.25, 0.3) is 0 Å². The second-order valence-electron chi connectivity index (χ2n) is 7.57. The average Bonchev–Trinajstić information content (AvgIpc) is 3.08. The Balaban J connectivity index is 0.000000604. The zero-order valence-corrected chi connectivity index (χ0v) is 19.8. The molecule has 0 bridgehead atoms. The Morgan fingerprint density at radius 1 is 1.22 bits per heavy atom. The molecule has 0 saturated carbocycles. The predicted molar refractivity (Wildman–Crippen MR) is 117 cm³/mol. The van der Waals surface area contributed by atoms with Crippen LogP contribution in [0.5, 0.6) is 0 Å². The molecule has 1 fully saturated rings. The van der Waals surface area contributed by atoms with E-state index in [9.17, 15) is 37.1 Å². The number of esters is 1. The van der Waals surface area contributed by atoms with Gasteiger partial charge in [0.1, 0.15) is 11.4 Å². The van der Waals surface area contributed by atoms with Crippen molar-refractivity contribution in [2.45, 2.75) is 6.18 Å². The number of nitrogens with zero attached hydrogens (tertiary/aromatic N) is 3. The standard InChI is InChI=1S/C19H17ClFN3O6.C2HF3O2/c1-24(8-19(9-29-2)15(25)7-30-18(19)28)16-12(17(26)27)6-14(22-23-16)11-5-10(20)3-4-13(11)21;3-2(4,5)1(6)7/h3-6H,7-9H2,1-2H3,(H,26,27);(H,6,7). The molecule has 3 rings (SSSR count). The lowest BCUT2D eigenvalue weighted by Crippen LogP contribution is -2.48. The normalized spacial score (nSPS) is 17.1. The van der Waals surface area contributed by atoms with Gasteiger partial charge in [-0.05, 0) is 24.3 Å². The van der Waals surface area contributed by atoms with Crippen LogP contribution in [0.15, 0.2) is 24.3 Å². The fourth-order valence-corrected chi connectivity index (χ4v) is 3.41. The second-order valence-corrected chi connectivity index (χ2v) is 8.01. The molecule has 1 aliphatic heterocycles. The van der Waals surface area contributed by atoms with E-state index in [0.29, 0.717) is 0 Å². The predicted octanol–water partition coefficient (Wildman–Crippen LogP) is 2.46. The van der Waals surface area contributed by atoms with Crippen molar-refractivity contribution in [2.75, 3.05) is 38.8 Å². The molecule has 1 aromatic carbocycles. The largest absolute Gasteiger partial charge is 0.490 e. The maximum absolute atomic E-state index is 14.2. The number of aliphatic carboxylic acids is 1. The van der Waals surface area contributed by atoms with Crippen molar-refractivity contribution in [1.82, 2.24) is 10.2 Å². The van der Waals surface area contributed by atoms with Gasteiger partial charge in [-0.15, -0.1) is 10.2 Å². The maximum atomic E-state index is 14.2. The lowest BCUT2D eigenvalue weighted by molar-refractivity contribution is -0.192. The summed E-state index contributed by atoms with van der Waals surface area (Å²) in [5.41, 5.74) is -1.96. The second kappa shape index (κ2) is 11.5. The smallest absolute Gasteiger partial charge is 0.478 e. The van der Waals surface area contributed by atoms with Crippen molar-refractivity contribution < 1.29 is 56.4 Å². The number of hydrogen-bond acceptors (Lipinski definition) is 9. The SMILES string of the molecule is COCC1(CN(C)c2nnc(-c3cc(Cl)ccc3F)cc2C(=O)O)C(=O)COC1=O.O=C(O)C(F)(F)F. The highest BCUT2D eigenvalue weighted by Crippen LogP contribution is 2.32. The number of ketones is 1. The van der Waals surface area contributed by atoms with Gasteiger partial charge in [0.05, 0.1) is 12.3 Å². The van der Waals surface area contributed by atoms with Crippen LogP contribution in [-0.4, -0.2) is 84.2 Å². The van der Waals surface area contributed by atoms with Crippen molar-refractivity contribution in [3.8, 4) is 11.3 Å². The summed E-state index contributed by atoms with van der Waals surface area (Å²) in [5, 5.41) is 24.8. The number of carboxylic acids is 2. The molecule has 1 atom stereocenters. The van der Waals surface area contributed by atoms with Gasteiger partial charge in [-0.3, -0.25) is 9.59 Å². The molecule has 16 heteroatoms. The van der Waals surface area contributed by atoms with Gasteiger partial charge in [-0.1, -0.05) is 11.6 Å². The van der Waals surface area contributed by atoms with Crippen LogP contribution < -0.4 is 4.90 Å². The molecule has 0 radical (unpaired) electrons. The van der Waals surface area contributed by atoms with E-state index in [0.717, 1.165) is 12.1 Å². The first-order chi connectivity index (χ1) is 17.1. The van der Waals surface area contributed by atoms with Crippen LogP contribution in [0.25, 0.3) is 11.3 Å². The number of methoxy groups -OCH3 is 1. The minimum absolute atomic E-state index is 0.0166. The van der Waals surface area contributed by atoms with E-state index in [1.807, 2.05) is 0 Å². The number of carbonyl (C=O) groups excluding carboxylic acids is 2. The van der Waals surface area contributed by atoms with Crippen LogP contribution >= 0.6 is 11.6 Å². The summed E-state index contributed by atoms with van der Waals surface area (Å²) in [6.07, 6.45) is -5.08. The Morgan fingerprint density at radius 2 is 1.84 bits per heavy atom. The zero-order valence-electron chi connectivity index (χ0n) is 19.0. The third kappa shape index (κ3) is 6.68. The highest BCUT2D eigenvalue weighted by molar-refractivity contribution is 6.30. The minimum Gasteiger partial charge on any atom is -0.478 e. The molecule has 1 aliphatic rings. The Morgan fingerprint density at radius 3 is 2.32 bits per heavy atom. The summed E-state index contributed by atoms with van der Waals surface area (Å²) in [6, 6.07) is 4.93. The number of ether oxygens (including phenoxy) is 2. The summed E-state index contributed by atoms with van der Waals surface area (Å²) < 4.78 is 55.8. The number of halogens is 5. The molecule has 2 aromatic rings. The van der Waals surface area contributed by atoms with Crippen LogP contribution in [0.3, 0.4) is 0 Å². The van der Waals surface area contributed by atoms with Gasteiger partial charge < -0.3 is 24.6 Å². The summed E-state index contributed by atoms with van der Waals surface area (Å²) in [6.45, 7) is -0.866. The zero-order chi connectivity index (χ0) is 28.1. The van der Waals surface area contributed by atoms with Crippen molar-refractivity contribution >= 4 is 41.1 Å². The molecule has 0 amide bonds. The molecule has 1 aromatic heterocycles. The van der Waals surface area contributed by atoms with E-state index in [2.05, 4.69) is 10.2 Å². The quantitative estimate of drug-likeness (QED) is 0.296. The minimum atomic E-state index is -5.08. The molecule has 37 heavy (non-hydrogen) atoms. The van der Waals surface area contributed by atoms with Crippen molar-refractivity contribution in [1.29, 1.82) is 0 Å². The third-order valence-electron chi connectivity index (χ3n) is 4.97. The summed E-state index contributed by atoms with van der Waals surface area (Å²) in [5.74, 6) is -6.11. The first-order valence-electron chi connectivity index (χ1n) is 9.91. The van der Waals surface area contributed by atoms with Crippen LogP contribution in [-0.2, 0) is 23.9 Å². The van der Waals surface area contributed by atoms with E-state index in [1.54, 1.807) is 0 Å². The van der Waals surface area contributed by atoms with Gasteiger partial charge in [0, 0.05) is 31.3 Å². The molecule has 1 saturated heterocycles. The molecule has 200 valence electrons. The van der Waals surface area contributed by atoms with Gasteiger partial charge in [-0.2, -0.15) is 13.2 Å². The van der Waals surface area contributed by atoms with Gasteiger partial charge in [0.15, 0.2) is 23.6 Å². The van der Waals surface area contributed by atoms with Gasteiger partial charge in [-0.25, -0.2) is 14.0 Å². The maximum Gasteiger partial charge on any atom is 0.490 e. The average molecular weight is 552 g/mol. The molecular weight excluding hydrogens is 534 g/mol. The third-order valence-corrected chi connectivity index (χ3v) is 5.21. The first kappa shape index (κ1) is 29.4. The summed E-state index contributed by atoms with van der Waals surface area (Å²) >= 11 is 5.89. The number of rotatable bonds is 7.